The topological polar surface area (TPSA) is 18.5 Å². The maximum absolute atomic E-state index is 6.30. The number of rotatable bonds is 0. The molecule has 19 heavy (non-hydrogen) atoms. The molecule has 0 saturated heterocycles. The van der Waals surface area contributed by atoms with Crippen LogP contribution in [-0.2, 0) is 9.93 Å². The van der Waals surface area contributed by atoms with Crippen LogP contribution in [0.15, 0.2) is 48.5 Å². The SMILES string of the molecule is CC12Oc3ccccc3C1(Br)COc1ccccc12. The van der Waals surface area contributed by atoms with Crippen LogP contribution >= 0.6 is 15.9 Å². The van der Waals surface area contributed by atoms with Gasteiger partial charge in [-0.05, 0) is 19.1 Å². The quantitative estimate of drug-likeness (QED) is 0.684. The number of ether oxygens (including phenoxy) is 2. The lowest BCUT2D eigenvalue weighted by molar-refractivity contribution is 0.0306. The molecule has 2 aromatic rings. The average molecular weight is 317 g/mol. The molecule has 0 spiro atoms. The lowest BCUT2D eigenvalue weighted by Gasteiger charge is -2.42. The van der Waals surface area contributed by atoms with Gasteiger partial charge in [0.05, 0.1) is 0 Å². The monoisotopic (exact) mass is 316 g/mol. The summed E-state index contributed by atoms with van der Waals surface area (Å²) in [5.41, 5.74) is 1.81. The lowest BCUT2D eigenvalue weighted by Crippen LogP contribution is -2.49. The Kier molecular flexibility index (Phi) is 2.12. The predicted molar refractivity (Wildman–Crippen MR) is 77.0 cm³/mol. The molecule has 2 aliphatic heterocycles. The van der Waals surface area contributed by atoms with E-state index in [-0.39, 0.29) is 4.32 Å². The zero-order valence-electron chi connectivity index (χ0n) is 10.5. The standard InChI is InChI=1S/C16H13BrO2/c1-15-11-6-2-4-8-13(11)18-10-16(15,17)12-7-3-5-9-14(12)19-15/h2-9H,10H2,1H3. The second-order valence-corrected chi connectivity index (χ2v) is 6.57. The van der Waals surface area contributed by atoms with Crippen LogP contribution in [-0.4, -0.2) is 6.61 Å². The van der Waals surface area contributed by atoms with Gasteiger partial charge in [0.15, 0.2) is 5.60 Å². The molecule has 3 heteroatoms. The van der Waals surface area contributed by atoms with E-state index in [1.165, 1.54) is 0 Å². The van der Waals surface area contributed by atoms with Gasteiger partial charge in [-0.2, -0.15) is 0 Å². The van der Waals surface area contributed by atoms with Gasteiger partial charge in [-0.25, -0.2) is 0 Å². The lowest BCUT2D eigenvalue weighted by atomic mass is 9.79. The van der Waals surface area contributed by atoms with Crippen molar-refractivity contribution in [2.75, 3.05) is 6.61 Å². The zero-order valence-corrected chi connectivity index (χ0v) is 12.1. The summed E-state index contributed by atoms with van der Waals surface area (Å²) in [5.74, 6) is 1.84. The largest absolute Gasteiger partial charge is 0.491 e. The summed E-state index contributed by atoms with van der Waals surface area (Å²) < 4.78 is 11.9. The van der Waals surface area contributed by atoms with Gasteiger partial charge in [0.25, 0.3) is 0 Å². The van der Waals surface area contributed by atoms with Crippen molar-refractivity contribution >= 4 is 15.9 Å². The molecule has 0 amide bonds. The Morgan fingerprint density at radius 2 is 1.58 bits per heavy atom. The van der Waals surface area contributed by atoms with Gasteiger partial charge in [0.1, 0.15) is 22.4 Å². The highest BCUT2D eigenvalue weighted by atomic mass is 79.9. The van der Waals surface area contributed by atoms with Gasteiger partial charge in [0, 0.05) is 11.1 Å². The Hall–Kier alpha value is -1.48. The molecule has 0 radical (unpaired) electrons. The first-order valence-electron chi connectivity index (χ1n) is 6.35. The molecule has 4 rings (SSSR count). The van der Waals surface area contributed by atoms with E-state index in [9.17, 15) is 0 Å². The highest BCUT2D eigenvalue weighted by Crippen LogP contribution is 2.61. The molecule has 2 nitrogen and oxygen atoms in total. The van der Waals surface area contributed by atoms with Crippen LogP contribution in [0.25, 0.3) is 0 Å². The third-order valence-electron chi connectivity index (χ3n) is 4.21. The molecular weight excluding hydrogens is 304 g/mol. The van der Waals surface area contributed by atoms with Crippen molar-refractivity contribution in [1.29, 1.82) is 0 Å². The highest BCUT2D eigenvalue weighted by molar-refractivity contribution is 9.09. The van der Waals surface area contributed by atoms with Crippen LogP contribution in [0.5, 0.6) is 11.5 Å². The van der Waals surface area contributed by atoms with E-state index in [1.54, 1.807) is 0 Å². The van der Waals surface area contributed by atoms with E-state index in [4.69, 9.17) is 9.47 Å². The molecule has 2 aromatic carbocycles. The third-order valence-corrected chi connectivity index (χ3v) is 5.62. The maximum Gasteiger partial charge on any atom is 0.157 e. The first-order chi connectivity index (χ1) is 9.15. The zero-order chi connectivity index (χ0) is 13.1. The van der Waals surface area contributed by atoms with E-state index in [2.05, 4.69) is 35.0 Å². The molecule has 0 fully saturated rings. The fourth-order valence-corrected chi connectivity index (χ4v) is 3.83. The normalized spacial score (nSPS) is 30.6. The molecule has 2 atom stereocenters. The molecule has 0 aromatic heterocycles. The van der Waals surface area contributed by atoms with Crippen molar-refractivity contribution in [1.82, 2.24) is 0 Å². The van der Waals surface area contributed by atoms with Crippen molar-refractivity contribution < 1.29 is 9.47 Å². The van der Waals surface area contributed by atoms with E-state index >= 15 is 0 Å². The number of hydrogen-bond donors (Lipinski definition) is 0. The Balaban J connectivity index is 1.99. The summed E-state index contributed by atoms with van der Waals surface area (Å²) in [6, 6.07) is 16.3. The predicted octanol–water partition coefficient (Wildman–Crippen LogP) is 3.98. The number of para-hydroxylation sites is 2. The Bertz CT molecular complexity index is 669. The second-order valence-electron chi connectivity index (χ2n) is 5.22. The van der Waals surface area contributed by atoms with Crippen LogP contribution in [0.3, 0.4) is 0 Å². The molecular formula is C16H13BrO2. The first kappa shape index (κ1) is 11.4. The van der Waals surface area contributed by atoms with E-state index in [0.717, 1.165) is 22.6 Å². The number of benzene rings is 2. The van der Waals surface area contributed by atoms with Gasteiger partial charge < -0.3 is 9.47 Å². The minimum Gasteiger partial charge on any atom is -0.491 e. The van der Waals surface area contributed by atoms with Gasteiger partial charge in [-0.3, -0.25) is 0 Å². The van der Waals surface area contributed by atoms with Crippen molar-refractivity contribution in [3.8, 4) is 11.5 Å². The smallest absolute Gasteiger partial charge is 0.157 e. The fourth-order valence-electron chi connectivity index (χ4n) is 3.09. The first-order valence-corrected chi connectivity index (χ1v) is 7.14. The van der Waals surface area contributed by atoms with Crippen LogP contribution in [0.4, 0.5) is 0 Å². The second kappa shape index (κ2) is 3.54. The van der Waals surface area contributed by atoms with Crippen molar-refractivity contribution in [3.05, 3.63) is 59.7 Å². The fraction of sp³-hybridized carbons (Fsp3) is 0.250. The average Bonchev–Trinajstić information content (AvgIpc) is 2.68. The highest BCUT2D eigenvalue weighted by Gasteiger charge is 2.60. The van der Waals surface area contributed by atoms with Crippen LogP contribution < -0.4 is 9.47 Å². The summed E-state index contributed by atoms with van der Waals surface area (Å²) in [4.78, 5) is 0. The van der Waals surface area contributed by atoms with Crippen LogP contribution in [0, 0.1) is 0 Å². The molecule has 0 N–H and O–H groups in total. The van der Waals surface area contributed by atoms with E-state index < -0.39 is 5.60 Å². The molecule has 2 aliphatic rings. The maximum atomic E-state index is 6.30. The molecule has 0 bridgehead atoms. The minimum atomic E-state index is -0.439. The molecule has 0 aliphatic carbocycles. The van der Waals surface area contributed by atoms with Gasteiger partial charge in [-0.15, -0.1) is 0 Å². The van der Waals surface area contributed by atoms with Crippen LogP contribution in [0.2, 0.25) is 0 Å². The summed E-state index contributed by atoms with van der Waals surface area (Å²) in [7, 11) is 0. The molecule has 2 unspecified atom stereocenters. The summed E-state index contributed by atoms with van der Waals surface area (Å²) >= 11 is 3.90. The Labute approximate surface area is 120 Å². The van der Waals surface area contributed by atoms with Gasteiger partial charge >= 0.3 is 0 Å². The van der Waals surface area contributed by atoms with Crippen molar-refractivity contribution in [3.63, 3.8) is 0 Å². The summed E-state index contributed by atoms with van der Waals surface area (Å²) in [6.07, 6.45) is 0. The minimum absolute atomic E-state index is 0.328. The van der Waals surface area contributed by atoms with Crippen molar-refractivity contribution in [2.45, 2.75) is 16.8 Å². The molecule has 2 heterocycles. The molecule has 0 saturated carbocycles. The van der Waals surface area contributed by atoms with Crippen molar-refractivity contribution in [2.24, 2.45) is 0 Å². The third kappa shape index (κ3) is 1.26. The van der Waals surface area contributed by atoms with E-state index in [0.29, 0.717) is 6.61 Å². The summed E-state index contributed by atoms with van der Waals surface area (Å²) in [5, 5.41) is 0. The number of alkyl halides is 1. The number of halogens is 1. The van der Waals surface area contributed by atoms with Gasteiger partial charge in [0.2, 0.25) is 0 Å². The number of fused-ring (bicyclic) bond motifs is 5. The Morgan fingerprint density at radius 1 is 0.947 bits per heavy atom. The van der Waals surface area contributed by atoms with Crippen LogP contribution in [0.1, 0.15) is 18.1 Å². The summed E-state index contributed by atoms with van der Waals surface area (Å²) in [6.45, 7) is 2.70. The van der Waals surface area contributed by atoms with Gasteiger partial charge in [-0.1, -0.05) is 52.3 Å². The van der Waals surface area contributed by atoms with E-state index in [1.807, 2.05) is 36.4 Å². The number of hydrogen-bond acceptors (Lipinski definition) is 2. The Morgan fingerprint density at radius 3 is 2.37 bits per heavy atom. The molecule has 96 valence electrons.